The first-order valence-electron chi connectivity index (χ1n) is 6.39. The Morgan fingerprint density at radius 2 is 1.85 bits per heavy atom. The maximum atomic E-state index is 13.0. The van der Waals surface area contributed by atoms with Crippen LogP contribution in [0, 0.1) is 12.7 Å². The molecular formula is C16H18FNO2. The van der Waals surface area contributed by atoms with Crippen molar-refractivity contribution in [3.63, 3.8) is 0 Å². The Morgan fingerprint density at radius 1 is 1.10 bits per heavy atom. The van der Waals surface area contributed by atoms with E-state index in [2.05, 4.69) is 0 Å². The van der Waals surface area contributed by atoms with Crippen molar-refractivity contribution in [3.05, 3.63) is 58.9 Å². The van der Waals surface area contributed by atoms with E-state index in [0.29, 0.717) is 18.9 Å². The van der Waals surface area contributed by atoms with Gasteiger partial charge in [-0.15, -0.1) is 0 Å². The Bertz CT molecular complexity index is 599. The Morgan fingerprint density at radius 3 is 2.50 bits per heavy atom. The van der Waals surface area contributed by atoms with E-state index in [-0.39, 0.29) is 5.82 Å². The lowest BCUT2D eigenvalue weighted by molar-refractivity contribution is 0.303. The molecule has 2 N–H and O–H groups in total. The highest BCUT2D eigenvalue weighted by Crippen LogP contribution is 2.22. The maximum absolute atomic E-state index is 13.0. The number of hydrogen-bond acceptors (Lipinski definition) is 3. The SMILES string of the molecule is COc1ccc(COc2ccc(F)cc2C)cc1CN. The fourth-order valence-electron chi connectivity index (χ4n) is 2.02. The van der Waals surface area contributed by atoms with Crippen LogP contribution in [-0.2, 0) is 13.2 Å². The van der Waals surface area contributed by atoms with Crippen molar-refractivity contribution < 1.29 is 13.9 Å². The van der Waals surface area contributed by atoms with E-state index in [1.54, 1.807) is 13.2 Å². The summed E-state index contributed by atoms with van der Waals surface area (Å²) in [7, 11) is 1.62. The topological polar surface area (TPSA) is 44.5 Å². The van der Waals surface area contributed by atoms with Crippen LogP contribution in [0.2, 0.25) is 0 Å². The fraction of sp³-hybridized carbons (Fsp3) is 0.250. The molecule has 0 saturated heterocycles. The summed E-state index contributed by atoms with van der Waals surface area (Å²) in [6.45, 7) is 2.63. The molecule has 0 radical (unpaired) electrons. The first-order valence-corrected chi connectivity index (χ1v) is 6.39. The predicted octanol–water partition coefficient (Wildman–Crippen LogP) is 3.18. The normalized spacial score (nSPS) is 10.4. The van der Waals surface area contributed by atoms with Gasteiger partial charge < -0.3 is 15.2 Å². The summed E-state index contributed by atoms with van der Waals surface area (Å²) in [6, 6.07) is 10.2. The van der Waals surface area contributed by atoms with Crippen LogP contribution in [0.3, 0.4) is 0 Å². The van der Waals surface area contributed by atoms with Crippen LogP contribution >= 0.6 is 0 Å². The number of halogens is 1. The molecule has 2 aromatic rings. The lowest BCUT2D eigenvalue weighted by Gasteiger charge is -2.12. The summed E-state index contributed by atoms with van der Waals surface area (Å²) in [5.41, 5.74) is 8.39. The van der Waals surface area contributed by atoms with Gasteiger partial charge in [0.25, 0.3) is 0 Å². The summed E-state index contributed by atoms with van der Waals surface area (Å²) in [5.74, 6) is 1.19. The summed E-state index contributed by atoms with van der Waals surface area (Å²) in [5, 5.41) is 0. The summed E-state index contributed by atoms with van der Waals surface area (Å²) in [6.07, 6.45) is 0. The van der Waals surface area contributed by atoms with Crippen LogP contribution in [0.5, 0.6) is 11.5 Å². The van der Waals surface area contributed by atoms with Crippen LogP contribution in [0.1, 0.15) is 16.7 Å². The molecule has 0 bridgehead atoms. The smallest absolute Gasteiger partial charge is 0.123 e. The first kappa shape index (κ1) is 14.3. The fourth-order valence-corrected chi connectivity index (χ4v) is 2.02. The third-order valence-corrected chi connectivity index (χ3v) is 3.10. The molecule has 20 heavy (non-hydrogen) atoms. The molecule has 0 aliphatic carbocycles. The van der Waals surface area contributed by atoms with Crippen molar-refractivity contribution in [2.45, 2.75) is 20.1 Å². The molecule has 0 saturated carbocycles. The monoisotopic (exact) mass is 275 g/mol. The Hall–Kier alpha value is -2.07. The van der Waals surface area contributed by atoms with Crippen molar-refractivity contribution in [1.29, 1.82) is 0 Å². The molecule has 2 aromatic carbocycles. The third kappa shape index (κ3) is 3.27. The van der Waals surface area contributed by atoms with Crippen LogP contribution < -0.4 is 15.2 Å². The highest BCUT2D eigenvalue weighted by Gasteiger charge is 2.05. The van der Waals surface area contributed by atoms with Crippen LogP contribution in [0.4, 0.5) is 4.39 Å². The van der Waals surface area contributed by atoms with E-state index >= 15 is 0 Å². The largest absolute Gasteiger partial charge is 0.496 e. The summed E-state index contributed by atoms with van der Waals surface area (Å²) >= 11 is 0. The van der Waals surface area contributed by atoms with Crippen molar-refractivity contribution >= 4 is 0 Å². The van der Waals surface area contributed by atoms with Gasteiger partial charge in [-0.3, -0.25) is 0 Å². The Balaban J connectivity index is 2.10. The number of nitrogens with two attached hydrogens (primary N) is 1. The molecule has 3 nitrogen and oxygen atoms in total. The Labute approximate surface area is 118 Å². The van der Waals surface area contributed by atoms with Crippen LogP contribution in [0.25, 0.3) is 0 Å². The number of aryl methyl sites for hydroxylation is 1. The lowest BCUT2D eigenvalue weighted by atomic mass is 10.1. The molecule has 106 valence electrons. The quantitative estimate of drug-likeness (QED) is 0.911. The number of ether oxygens (including phenoxy) is 2. The van der Waals surface area contributed by atoms with Gasteiger partial charge in [0.05, 0.1) is 7.11 Å². The molecule has 2 rings (SSSR count). The highest BCUT2D eigenvalue weighted by molar-refractivity contribution is 5.38. The van der Waals surface area contributed by atoms with Crippen molar-refractivity contribution in [2.24, 2.45) is 5.73 Å². The van der Waals surface area contributed by atoms with E-state index < -0.39 is 0 Å². The summed E-state index contributed by atoms with van der Waals surface area (Å²) in [4.78, 5) is 0. The van der Waals surface area contributed by atoms with Gasteiger partial charge in [0, 0.05) is 12.1 Å². The van der Waals surface area contributed by atoms with Crippen LogP contribution in [0.15, 0.2) is 36.4 Å². The summed E-state index contributed by atoms with van der Waals surface area (Å²) < 4.78 is 23.9. The molecule has 0 spiro atoms. The molecule has 0 heterocycles. The molecule has 0 unspecified atom stereocenters. The standard InChI is InChI=1S/C16H18FNO2/c1-11-7-14(17)4-6-15(11)20-10-12-3-5-16(19-2)13(8-12)9-18/h3-8H,9-10,18H2,1-2H3. The van der Waals surface area contributed by atoms with Crippen LogP contribution in [-0.4, -0.2) is 7.11 Å². The average Bonchev–Trinajstić information content (AvgIpc) is 2.46. The number of hydrogen-bond donors (Lipinski definition) is 1. The number of methoxy groups -OCH3 is 1. The van der Waals surface area contributed by atoms with Crippen molar-refractivity contribution in [3.8, 4) is 11.5 Å². The molecule has 0 aliphatic rings. The lowest BCUT2D eigenvalue weighted by Crippen LogP contribution is -2.03. The molecular weight excluding hydrogens is 257 g/mol. The minimum absolute atomic E-state index is 0.260. The van der Waals surface area contributed by atoms with Gasteiger partial charge in [-0.25, -0.2) is 4.39 Å². The average molecular weight is 275 g/mol. The predicted molar refractivity (Wildman–Crippen MR) is 76.4 cm³/mol. The Kier molecular flexibility index (Phi) is 4.58. The number of rotatable bonds is 5. The highest BCUT2D eigenvalue weighted by atomic mass is 19.1. The van der Waals surface area contributed by atoms with Gasteiger partial charge in [0.15, 0.2) is 0 Å². The minimum Gasteiger partial charge on any atom is -0.496 e. The van der Waals surface area contributed by atoms with E-state index in [1.807, 2.05) is 25.1 Å². The first-order chi connectivity index (χ1) is 9.63. The molecule has 0 aliphatic heterocycles. The minimum atomic E-state index is -0.260. The van der Waals surface area contributed by atoms with Gasteiger partial charge in [0.2, 0.25) is 0 Å². The van der Waals surface area contributed by atoms with Gasteiger partial charge in [-0.05, 0) is 48.4 Å². The van der Waals surface area contributed by atoms with Crippen molar-refractivity contribution in [2.75, 3.05) is 7.11 Å². The third-order valence-electron chi connectivity index (χ3n) is 3.10. The molecule has 4 heteroatoms. The zero-order valence-corrected chi connectivity index (χ0v) is 11.7. The second-order valence-corrected chi connectivity index (χ2v) is 4.55. The van der Waals surface area contributed by atoms with Crippen molar-refractivity contribution in [1.82, 2.24) is 0 Å². The van der Waals surface area contributed by atoms with E-state index in [1.165, 1.54) is 12.1 Å². The zero-order valence-electron chi connectivity index (χ0n) is 11.7. The van der Waals surface area contributed by atoms with E-state index in [4.69, 9.17) is 15.2 Å². The molecule has 0 aromatic heterocycles. The molecule has 0 atom stereocenters. The van der Waals surface area contributed by atoms with E-state index in [0.717, 1.165) is 22.4 Å². The van der Waals surface area contributed by atoms with Gasteiger partial charge in [0.1, 0.15) is 23.9 Å². The molecule has 0 fully saturated rings. The zero-order chi connectivity index (χ0) is 14.5. The second kappa shape index (κ2) is 6.39. The second-order valence-electron chi connectivity index (χ2n) is 4.55. The molecule has 0 amide bonds. The number of benzene rings is 2. The van der Waals surface area contributed by atoms with Gasteiger partial charge >= 0.3 is 0 Å². The maximum Gasteiger partial charge on any atom is 0.123 e. The van der Waals surface area contributed by atoms with E-state index in [9.17, 15) is 4.39 Å². The van der Waals surface area contributed by atoms with Gasteiger partial charge in [-0.1, -0.05) is 6.07 Å². The van der Waals surface area contributed by atoms with Gasteiger partial charge in [-0.2, -0.15) is 0 Å².